The van der Waals surface area contributed by atoms with Crippen LogP contribution >= 0.6 is 0 Å². The number of fused-ring (bicyclic) bond motifs is 1. The van der Waals surface area contributed by atoms with Gasteiger partial charge in [0.15, 0.2) is 0 Å². The lowest BCUT2D eigenvalue weighted by atomic mass is 9.88. The Hall–Kier alpha value is -2.33. The third kappa shape index (κ3) is 3.90. The van der Waals surface area contributed by atoms with Crippen LogP contribution in [0.25, 0.3) is 0 Å². The molecule has 2 atom stereocenters. The molecule has 0 heterocycles. The van der Waals surface area contributed by atoms with Gasteiger partial charge in [-0.1, -0.05) is 36.4 Å². The van der Waals surface area contributed by atoms with Crippen molar-refractivity contribution in [2.24, 2.45) is 5.73 Å². The summed E-state index contributed by atoms with van der Waals surface area (Å²) in [5.41, 5.74) is 9.67. The maximum atomic E-state index is 12.3. The second-order valence-electron chi connectivity index (χ2n) is 6.19. The monoisotopic (exact) mass is 310 g/mol. The van der Waals surface area contributed by atoms with Crippen LogP contribution in [0.2, 0.25) is 0 Å². The topological polar surface area (TPSA) is 75.3 Å². The van der Waals surface area contributed by atoms with Crippen LogP contribution in [0.1, 0.15) is 23.1 Å². The standard InChI is InChI=1S/C19H22N2O2/c20-18(11-13-5-9-17(22)10-6-13)19(23)21-16-8-7-14-3-1-2-4-15(14)12-16/h1-6,9-10,16,18,22H,7-8,11-12,20H2,(H,21,23). The van der Waals surface area contributed by atoms with E-state index in [1.165, 1.54) is 11.1 Å². The highest BCUT2D eigenvalue weighted by Gasteiger charge is 2.22. The van der Waals surface area contributed by atoms with Gasteiger partial charge in [-0.15, -0.1) is 0 Å². The van der Waals surface area contributed by atoms with Crippen LogP contribution < -0.4 is 11.1 Å². The van der Waals surface area contributed by atoms with Gasteiger partial charge < -0.3 is 16.2 Å². The number of carbonyl (C=O) groups excluding carboxylic acids is 1. The quantitative estimate of drug-likeness (QED) is 0.808. The predicted octanol–water partition coefficient (Wildman–Crippen LogP) is 1.94. The molecule has 0 saturated carbocycles. The van der Waals surface area contributed by atoms with Gasteiger partial charge in [0.2, 0.25) is 5.91 Å². The van der Waals surface area contributed by atoms with E-state index >= 15 is 0 Å². The second kappa shape index (κ2) is 6.84. The van der Waals surface area contributed by atoms with Crippen LogP contribution in [-0.4, -0.2) is 23.1 Å². The molecule has 1 amide bonds. The predicted molar refractivity (Wildman–Crippen MR) is 90.2 cm³/mol. The van der Waals surface area contributed by atoms with Gasteiger partial charge in [-0.3, -0.25) is 4.79 Å². The number of amides is 1. The SMILES string of the molecule is NC(Cc1ccc(O)cc1)C(=O)NC1CCc2ccccc2C1. The molecular formula is C19H22N2O2. The lowest BCUT2D eigenvalue weighted by molar-refractivity contribution is -0.123. The van der Waals surface area contributed by atoms with Gasteiger partial charge in [0.25, 0.3) is 0 Å². The molecule has 0 aromatic heterocycles. The third-order valence-electron chi connectivity index (χ3n) is 4.42. The first-order valence-electron chi connectivity index (χ1n) is 8.02. The molecule has 0 radical (unpaired) electrons. The zero-order valence-corrected chi connectivity index (χ0v) is 13.0. The van der Waals surface area contributed by atoms with Crippen molar-refractivity contribution < 1.29 is 9.90 Å². The zero-order chi connectivity index (χ0) is 16.2. The molecule has 4 nitrogen and oxygen atoms in total. The molecule has 120 valence electrons. The molecule has 1 aliphatic rings. The summed E-state index contributed by atoms with van der Waals surface area (Å²) in [6.45, 7) is 0. The van der Waals surface area contributed by atoms with E-state index in [1.54, 1.807) is 24.3 Å². The van der Waals surface area contributed by atoms with E-state index < -0.39 is 6.04 Å². The van der Waals surface area contributed by atoms with Crippen molar-refractivity contribution in [1.82, 2.24) is 5.32 Å². The van der Waals surface area contributed by atoms with E-state index in [2.05, 4.69) is 23.5 Å². The fourth-order valence-electron chi connectivity index (χ4n) is 3.11. The Balaban J connectivity index is 1.56. The van der Waals surface area contributed by atoms with Gasteiger partial charge in [0.05, 0.1) is 6.04 Å². The highest BCUT2D eigenvalue weighted by atomic mass is 16.3. The van der Waals surface area contributed by atoms with Crippen molar-refractivity contribution >= 4 is 5.91 Å². The Morgan fingerprint density at radius 1 is 1.17 bits per heavy atom. The van der Waals surface area contributed by atoms with Crippen molar-refractivity contribution in [3.8, 4) is 5.75 Å². The van der Waals surface area contributed by atoms with Gasteiger partial charge >= 0.3 is 0 Å². The minimum absolute atomic E-state index is 0.109. The molecule has 0 spiro atoms. The largest absolute Gasteiger partial charge is 0.508 e. The van der Waals surface area contributed by atoms with Crippen LogP contribution in [0.3, 0.4) is 0 Å². The molecule has 4 N–H and O–H groups in total. The van der Waals surface area contributed by atoms with Crippen LogP contribution in [0.15, 0.2) is 48.5 Å². The number of hydrogen-bond donors (Lipinski definition) is 3. The van der Waals surface area contributed by atoms with Gasteiger partial charge in [-0.25, -0.2) is 0 Å². The van der Waals surface area contributed by atoms with Gasteiger partial charge in [-0.05, 0) is 54.5 Å². The number of hydrogen-bond acceptors (Lipinski definition) is 3. The average molecular weight is 310 g/mol. The number of aryl methyl sites for hydroxylation is 1. The van der Waals surface area contributed by atoms with Crippen LogP contribution in [0.4, 0.5) is 0 Å². The fourth-order valence-corrected chi connectivity index (χ4v) is 3.11. The lowest BCUT2D eigenvalue weighted by Gasteiger charge is -2.26. The molecule has 0 bridgehead atoms. The number of nitrogens with one attached hydrogen (secondary N) is 1. The molecule has 0 aliphatic heterocycles. The van der Waals surface area contributed by atoms with E-state index in [4.69, 9.17) is 5.73 Å². The summed E-state index contributed by atoms with van der Waals surface area (Å²) in [4.78, 5) is 12.3. The van der Waals surface area contributed by atoms with E-state index in [0.717, 1.165) is 24.8 Å². The number of nitrogens with two attached hydrogens (primary N) is 1. The van der Waals surface area contributed by atoms with Crippen molar-refractivity contribution in [2.75, 3.05) is 0 Å². The van der Waals surface area contributed by atoms with E-state index in [9.17, 15) is 9.90 Å². The fraction of sp³-hybridized carbons (Fsp3) is 0.316. The zero-order valence-electron chi connectivity index (χ0n) is 13.0. The van der Waals surface area contributed by atoms with Crippen molar-refractivity contribution in [3.05, 3.63) is 65.2 Å². The lowest BCUT2D eigenvalue weighted by Crippen LogP contribution is -2.48. The van der Waals surface area contributed by atoms with Crippen molar-refractivity contribution in [2.45, 2.75) is 37.8 Å². The summed E-state index contributed by atoms with van der Waals surface area (Å²) in [6, 6.07) is 14.8. The minimum atomic E-state index is -0.572. The first-order valence-corrected chi connectivity index (χ1v) is 8.02. The Morgan fingerprint density at radius 3 is 2.61 bits per heavy atom. The van der Waals surface area contributed by atoms with Crippen molar-refractivity contribution in [1.29, 1.82) is 0 Å². The molecule has 2 unspecified atom stereocenters. The summed E-state index contributed by atoms with van der Waals surface area (Å²) in [6.07, 6.45) is 3.28. The van der Waals surface area contributed by atoms with Crippen LogP contribution in [-0.2, 0) is 24.1 Å². The number of aromatic hydroxyl groups is 1. The van der Waals surface area contributed by atoms with Crippen LogP contribution in [0, 0.1) is 0 Å². The molecule has 3 rings (SSSR count). The molecule has 1 aliphatic carbocycles. The summed E-state index contributed by atoms with van der Waals surface area (Å²) >= 11 is 0. The minimum Gasteiger partial charge on any atom is -0.508 e. The molecule has 2 aromatic carbocycles. The Bertz CT molecular complexity index is 682. The number of phenolic OH excluding ortho intramolecular Hbond substituents is 1. The Labute approximate surface area is 136 Å². The van der Waals surface area contributed by atoms with E-state index in [1.807, 2.05) is 6.07 Å². The first-order chi connectivity index (χ1) is 11.1. The Morgan fingerprint density at radius 2 is 1.87 bits per heavy atom. The van der Waals surface area contributed by atoms with E-state index in [0.29, 0.717) is 6.42 Å². The molecule has 0 saturated heterocycles. The third-order valence-corrected chi connectivity index (χ3v) is 4.42. The molecule has 2 aromatic rings. The summed E-state index contributed by atoms with van der Waals surface area (Å²) in [5.74, 6) is 0.107. The van der Waals surface area contributed by atoms with Crippen molar-refractivity contribution in [3.63, 3.8) is 0 Å². The van der Waals surface area contributed by atoms with Gasteiger partial charge in [-0.2, -0.15) is 0 Å². The van der Waals surface area contributed by atoms with Gasteiger partial charge in [0.1, 0.15) is 5.75 Å². The smallest absolute Gasteiger partial charge is 0.237 e. The van der Waals surface area contributed by atoms with Crippen LogP contribution in [0.5, 0.6) is 5.75 Å². The molecule has 23 heavy (non-hydrogen) atoms. The maximum absolute atomic E-state index is 12.3. The number of benzene rings is 2. The number of phenols is 1. The average Bonchev–Trinajstić information content (AvgIpc) is 2.56. The summed E-state index contributed by atoms with van der Waals surface area (Å²) in [7, 11) is 0. The highest BCUT2D eigenvalue weighted by Crippen LogP contribution is 2.21. The van der Waals surface area contributed by atoms with E-state index in [-0.39, 0.29) is 17.7 Å². The molecule has 0 fully saturated rings. The Kier molecular flexibility index (Phi) is 4.63. The normalized spacial score (nSPS) is 18.0. The second-order valence-corrected chi connectivity index (χ2v) is 6.19. The number of carbonyl (C=O) groups is 1. The highest BCUT2D eigenvalue weighted by molar-refractivity contribution is 5.82. The first kappa shape index (κ1) is 15.6. The summed E-state index contributed by atoms with van der Waals surface area (Å²) < 4.78 is 0. The number of rotatable bonds is 4. The molecule has 4 heteroatoms. The van der Waals surface area contributed by atoms with Gasteiger partial charge in [0, 0.05) is 6.04 Å². The molecular weight excluding hydrogens is 288 g/mol. The summed E-state index contributed by atoms with van der Waals surface area (Å²) in [5, 5.41) is 12.4. The maximum Gasteiger partial charge on any atom is 0.237 e.